The number of benzene rings is 1. The van der Waals surface area contributed by atoms with Crippen LogP contribution in [0.2, 0.25) is 0 Å². The summed E-state index contributed by atoms with van der Waals surface area (Å²) in [4.78, 5) is 5.08. The second-order valence-corrected chi connectivity index (χ2v) is 6.11. The summed E-state index contributed by atoms with van der Waals surface area (Å²) in [6, 6.07) is 9.74. The van der Waals surface area contributed by atoms with Crippen LogP contribution in [0, 0.1) is 0 Å². The van der Waals surface area contributed by atoms with Gasteiger partial charge in [0.05, 0.1) is 0 Å². The highest BCUT2D eigenvalue weighted by Crippen LogP contribution is 2.28. The summed E-state index contributed by atoms with van der Waals surface area (Å²) in [5, 5.41) is 3.44. The third-order valence-corrected chi connectivity index (χ3v) is 4.73. The first-order valence-electron chi connectivity index (χ1n) is 8.29. The van der Waals surface area contributed by atoms with Gasteiger partial charge in [-0.1, -0.05) is 18.2 Å². The molecule has 0 amide bonds. The van der Waals surface area contributed by atoms with E-state index in [-0.39, 0.29) is 24.8 Å². The lowest BCUT2D eigenvalue weighted by Gasteiger charge is -2.35. The number of hydrogen-bond donors (Lipinski definition) is 1. The second kappa shape index (κ2) is 10.2. The molecule has 1 aromatic rings. The number of nitrogens with zero attached hydrogens (tertiary/aromatic N) is 2. The first kappa shape index (κ1) is 20.3. The van der Waals surface area contributed by atoms with Gasteiger partial charge >= 0.3 is 0 Å². The van der Waals surface area contributed by atoms with Crippen LogP contribution in [0.4, 0.5) is 5.69 Å². The van der Waals surface area contributed by atoms with Gasteiger partial charge in [0.25, 0.3) is 0 Å². The molecule has 0 aromatic heterocycles. The number of anilines is 1. The van der Waals surface area contributed by atoms with E-state index in [1.165, 1.54) is 37.2 Å². The summed E-state index contributed by atoms with van der Waals surface area (Å²) in [6.45, 7) is 10.8. The molecule has 0 unspecified atom stereocenters. The molecule has 2 fully saturated rings. The van der Waals surface area contributed by atoms with E-state index in [0.717, 1.165) is 32.6 Å². The Hall–Kier alpha value is -0.740. The summed E-state index contributed by atoms with van der Waals surface area (Å²) in [5.41, 5.74) is 2.81. The first-order chi connectivity index (χ1) is 10.4. The Bertz CT molecular complexity index is 452. The van der Waals surface area contributed by atoms with E-state index in [4.69, 9.17) is 0 Å². The van der Waals surface area contributed by atoms with Crippen molar-refractivity contribution in [2.24, 2.45) is 0 Å². The molecule has 2 heterocycles. The first-order valence-corrected chi connectivity index (χ1v) is 8.29. The summed E-state index contributed by atoms with van der Waals surface area (Å²) in [7, 11) is 0. The van der Waals surface area contributed by atoms with Gasteiger partial charge in [0.15, 0.2) is 0 Å². The fourth-order valence-corrected chi connectivity index (χ4v) is 3.53. The van der Waals surface area contributed by atoms with Crippen molar-refractivity contribution in [3.63, 3.8) is 0 Å². The van der Waals surface area contributed by atoms with E-state index in [2.05, 4.69) is 52.0 Å². The van der Waals surface area contributed by atoms with Gasteiger partial charge in [-0.15, -0.1) is 31.4 Å². The fourth-order valence-electron chi connectivity index (χ4n) is 3.53. The highest BCUT2D eigenvalue weighted by Gasteiger charge is 2.21. The summed E-state index contributed by atoms with van der Waals surface area (Å²) in [5.74, 6) is 0. The van der Waals surface area contributed by atoms with Crippen LogP contribution in [-0.4, -0.2) is 44.2 Å². The van der Waals surface area contributed by atoms with Crippen molar-refractivity contribution >= 4 is 30.5 Å². The predicted octanol–water partition coefficient (Wildman–Crippen LogP) is 3.65. The third kappa shape index (κ3) is 5.12. The Labute approximate surface area is 152 Å². The number of nitrogens with one attached hydrogen (secondary N) is 1. The minimum Gasteiger partial charge on any atom is -0.372 e. The maximum Gasteiger partial charge on any atom is 0.0383 e. The van der Waals surface area contributed by atoms with Crippen LogP contribution in [0.1, 0.15) is 30.9 Å². The molecular weight excluding hydrogens is 329 g/mol. The maximum absolute atomic E-state index is 3.95. The van der Waals surface area contributed by atoms with Crippen LogP contribution in [0.15, 0.2) is 36.9 Å². The highest BCUT2D eigenvalue weighted by atomic mass is 35.5. The standard InChI is InChI=1S/C18H27N3.2ClH/c1-2-5-18(21-14-10-19-11-15-21)16-6-8-17(9-7-16)20-12-3-4-13-20;;/h2,6-9,18-19H,1,3-5,10-15H2;2*1H/t18-;;/m0../s1. The van der Waals surface area contributed by atoms with Crippen LogP contribution >= 0.6 is 24.8 Å². The lowest BCUT2D eigenvalue weighted by atomic mass is 10.0. The average molecular weight is 358 g/mol. The van der Waals surface area contributed by atoms with Crippen molar-refractivity contribution in [2.75, 3.05) is 44.2 Å². The zero-order chi connectivity index (χ0) is 14.5. The Morgan fingerprint density at radius 3 is 2.17 bits per heavy atom. The Morgan fingerprint density at radius 1 is 1.00 bits per heavy atom. The topological polar surface area (TPSA) is 18.5 Å². The maximum atomic E-state index is 3.95. The second-order valence-electron chi connectivity index (χ2n) is 6.11. The molecule has 0 aliphatic carbocycles. The van der Waals surface area contributed by atoms with Gasteiger partial charge in [0, 0.05) is 51.0 Å². The zero-order valence-electron chi connectivity index (χ0n) is 13.7. The van der Waals surface area contributed by atoms with Gasteiger partial charge in [0.1, 0.15) is 0 Å². The van der Waals surface area contributed by atoms with E-state index in [0.29, 0.717) is 6.04 Å². The molecule has 2 saturated heterocycles. The van der Waals surface area contributed by atoms with Gasteiger partial charge in [-0.2, -0.15) is 0 Å². The molecule has 2 aliphatic heterocycles. The van der Waals surface area contributed by atoms with Crippen molar-refractivity contribution in [2.45, 2.75) is 25.3 Å². The highest BCUT2D eigenvalue weighted by molar-refractivity contribution is 5.85. The monoisotopic (exact) mass is 357 g/mol. The number of piperazine rings is 1. The number of halogens is 2. The molecule has 1 aromatic carbocycles. The molecule has 0 spiro atoms. The molecule has 2 aliphatic rings. The molecule has 130 valence electrons. The molecule has 1 atom stereocenters. The predicted molar refractivity (Wildman–Crippen MR) is 104 cm³/mol. The van der Waals surface area contributed by atoms with E-state index in [1.54, 1.807) is 0 Å². The lowest BCUT2D eigenvalue weighted by molar-refractivity contribution is 0.174. The van der Waals surface area contributed by atoms with E-state index >= 15 is 0 Å². The normalized spacial score (nSPS) is 19.6. The molecule has 1 N–H and O–H groups in total. The molecular formula is C18H29Cl2N3. The van der Waals surface area contributed by atoms with Gasteiger partial charge < -0.3 is 10.2 Å². The SMILES string of the molecule is C=CC[C@@H](c1ccc(N2CCCC2)cc1)N1CCNCC1.Cl.Cl. The molecule has 23 heavy (non-hydrogen) atoms. The lowest BCUT2D eigenvalue weighted by Crippen LogP contribution is -2.45. The van der Waals surface area contributed by atoms with Crippen LogP contribution < -0.4 is 10.2 Å². The van der Waals surface area contributed by atoms with Crippen LogP contribution in [0.3, 0.4) is 0 Å². The van der Waals surface area contributed by atoms with Crippen LogP contribution in [0.25, 0.3) is 0 Å². The molecule has 0 saturated carbocycles. The van der Waals surface area contributed by atoms with E-state index < -0.39 is 0 Å². The summed E-state index contributed by atoms with van der Waals surface area (Å²) in [6.07, 6.45) is 5.76. The quantitative estimate of drug-likeness (QED) is 0.811. The van der Waals surface area contributed by atoms with Gasteiger partial charge in [-0.3, -0.25) is 4.90 Å². The van der Waals surface area contributed by atoms with Crippen molar-refractivity contribution in [3.05, 3.63) is 42.5 Å². The molecule has 5 heteroatoms. The Kier molecular flexibility index (Phi) is 9.00. The number of hydrogen-bond acceptors (Lipinski definition) is 3. The fraction of sp³-hybridized carbons (Fsp3) is 0.556. The van der Waals surface area contributed by atoms with Crippen LogP contribution in [-0.2, 0) is 0 Å². The molecule has 0 radical (unpaired) electrons. The van der Waals surface area contributed by atoms with Crippen molar-refractivity contribution in [3.8, 4) is 0 Å². The van der Waals surface area contributed by atoms with Crippen molar-refractivity contribution < 1.29 is 0 Å². The minimum absolute atomic E-state index is 0. The molecule has 0 bridgehead atoms. The Balaban J connectivity index is 0.00000132. The summed E-state index contributed by atoms with van der Waals surface area (Å²) < 4.78 is 0. The largest absolute Gasteiger partial charge is 0.372 e. The number of rotatable bonds is 5. The third-order valence-electron chi connectivity index (χ3n) is 4.73. The van der Waals surface area contributed by atoms with Gasteiger partial charge in [-0.05, 0) is 37.0 Å². The molecule has 3 rings (SSSR count). The van der Waals surface area contributed by atoms with E-state index in [9.17, 15) is 0 Å². The van der Waals surface area contributed by atoms with Crippen molar-refractivity contribution in [1.29, 1.82) is 0 Å². The molecule has 3 nitrogen and oxygen atoms in total. The average Bonchev–Trinajstić information content (AvgIpc) is 3.08. The van der Waals surface area contributed by atoms with Crippen LogP contribution in [0.5, 0.6) is 0 Å². The minimum atomic E-state index is 0. The summed E-state index contributed by atoms with van der Waals surface area (Å²) >= 11 is 0. The van der Waals surface area contributed by atoms with Gasteiger partial charge in [0.2, 0.25) is 0 Å². The zero-order valence-corrected chi connectivity index (χ0v) is 15.4. The van der Waals surface area contributed by atoms with Crippen molar-refractivity contribution in [1.82, 2.24) is 10.2 Å². The smallest absolute Gasteiger partial charge is 0.0383 e. The van der Waals surface area contributed by atoms with E-state index in [1.807, 2.05) is 0 Å². The Morgan fingerprint density at radius 2 is 1.61 bits per heavy atom. The van der Waals surface area contributed by atoms with Gasteiger partial charge in [-0.25, -0.2) is 0 Å².